The lowest BCUT2D eigenvalue weighted by Gasteiger charge is -2.40. The molecule has 0 saturated carbocycles. The summed E-state index contributed by atoms with van der Waals surface area (Å²) in [5, 5.41) is 3.23. The summed E-state index contributed by atoms with van der Waals surface area (Å²) in [6, 6.07) is 0.243. The van der Waals surface area contributed by atoms with Gasteiger partial charge in [0.15, 0.2) is 0 Å². The first-order valence-electron chi connectivity index (χ1n) is 6.46. The summed E-state index contributed by atoms with van der Waals surface area (Å²) in [5.74, 6) is 0.197. The highest BCUT2D eigenvalue weighted by atomic mass is 32.2. The van der Waals surface area contributed by atoms with Crippen LogP contribution in [0.4, 0.5) is 4.79 Å². The van der Waals surface area contributed by atoms with Gasteiger partial charge in [0.1, 0.15) is 15.4 Å². The zero-order chi connectivity index (χ0) is 14.7. The molecule has 1 heterocycles. The fraction of sp³-hybridized carbons (Fsp3) is 0.917. The highest BCUT2D eigenvalue weighted by molar-refractivity contribution is 7.90. The van der Waals surface area contributed by atoms with Crippen molar-refractivity contribution in [2.75, 3.05) is 31.6 Å². The van der Waals surface area contributed by atoms with E-state index in [9.17, 15) is 13.2 Å². The number of carbonyl (C=O) groups is 1. The Hall–Kier alpha value is -0.820. The second kappa shape index (κ2) is 6.09. The monoisotopic (exact) mass is 292 g/mol. The van der Waals surface area contributed by atoms with Crippen LogP contribution in [0.15, 0.2) is 0 Å². The Morgan fingerprint density at radius 2 is 1.95 bits per heavy atom. The number of ether oxygens (including phenoxy) is 1. The standard InChI is InChI=1S/C12H24N2O4S/c1-12(2,3)18-11(15)14-8-10(9-14)13-6-5-7-19(4,16)17/h10,13H,5-9H2,1-4H3. The van der Waals surface area contributed by atoms with Crippen LogP contribution >= 0.6 is 0 Å². The molecule has 0 aromatic heterocycles. The predicted molar refractivity (Wildman–Crippen MR) is 73.9 cm³/mol. The van der Waals surface area contributed by atoms with Crippen molar-refractivity contribution in [3.8, 4) is 0 Å². The summed E-state index contributed by atoms with van der Waals surface area (Å²) in [5.41, 5.74) is -0.467. The molecule has 0 unspecified atom stereocenters. The van der Waals surface area contributed by atoms with Gasteiger partial charge in [0, 0.05) is 25.4 Å². The predicted octanol–water partition coefficient (Wildman–Crippen LogP) is 0.630. The summed E-state index contributed by atoms with van der Waals surface area (Å²) in [7, 11) is -2.88. The maximum absolute atomic E-state index is 11.6. The minimum absolute atomic E-state index is 0.197. The van der Waals surface area contributed by atoms with Crippen LogP contribution in [-0.2, 0) is 14.6 Å². The van der Waals surface area contributed by atoms with Crippen LogP contribution < -0.4 is 5.32 Å². The first kappa shape index (κ1) is 16.2. The van der Waals surface area contributed by atoms with Gasteiger partial charge in [0.05, 0.1) is 5.75 Å². The van der Waals surface area contributed by atoms with E-state index in [-0.39, 0.29) is 17.9 Å². The lowest BCUT2D eigenvalue weighted by molar-refractivity contribution is 0.00541. The molecule has 1 saturated heterocycles. The summed E-state index contributed by atoms with van der Waals surface area (Å²) in [6.07, 6.45) is 1.55. The van der Waals surface area contributed by atoms with Crippen LogP contribution in [0.1, 0.15) is 27.2 Å². The maximum Gasteiger partial charge on any atom is 0.410 e. The molecule has 112 valence electrons. The minimum atomic E-state index is -2.88. The van der Waals surface area contributed by atoms with Crippen LogP contribution in [0.2, 0.25) is 0 Å². The zero-order valence-corrected chi connectivity index (χ0v) is 12.9. The average Bonchev–Trinajstić information content (AvgIpc) is 2.09. The number of nitrogens with one attached hydrogen (secondary N) is 1. The van der Waals surface area contributed by atoms with E-state index < -0.39 is 15.4 Å². The number of sulfone groups is 1. The number of carbonyl (C=O) groups excluding carboxylic acids is 1. The second-order valence-corrected chi connectivity index (χ2v) is 8.28. The fourth-order valence-electron chi connectivity index (χ4n) is 1.72. The third-order valence-electron chi connectivity index (χ3n) is 2.66. The van der Waals surface area contributed by atoms with Crippen molar-refractivity contribution >= 4 is 15.9 Å². The van der Waals surface area contributed by atoms with Gasteiger partial charge in [-0.15, -0.1) is 0 Å². The molecule has 0 aliphatic carbocycles. The van der Waals surface area contributed by atoms with E-state index in [0.29, 0.717) is 26.1 Å². The van der Waals surface area contributed by atoms with Gasteiger partial charge in [0.2, 0.25) is 0 Å². The van der Waals surface area contributed by atoms with E-state index in [4.69, 9.17) is 4.74 Å². The van der Waals surface area contributed by atoms with Crippen LogP contribution in [-0.4, -0.2) is 62.7 Å². The molecule has 0 atom stereocenters. The number of nitrogens with zero attached hydrogens (tertiary/aromatic N) is 1. The minimum Gasteiger partial charge on any atom is -0.444 e. The van der Waals surface area contributed by atoms with Crippen molar-refractivity contribution in [1.29, 1.82) is 0 Å². The second-order valence-electron chi connectivity index (χ2n) is 6.02. The zero-order valence-electron chi connectivity index (χ0n) is 12.1. The van der Waals surface area contributed by atoms with Crippen LogP contribution in [0.5, 0.6) is 0 Å². The molecule has 0 aromatic rings. The third-order valence-corrected chi connectivity index (χ3v) is 3.69. The maximum atomic E-state index is 11.6. The van der Waals surface area contributed by atoms with Gasteiger partial charge >= 0.3 is 6.09 Å². The largest absolute Gasteiger partial charge is 0.444 e. The van der Waals surface area contributed by atoms with Crippen molar-refractivity contribution in [2.45, 2.75) is 38.8 Å². The SMILES string of the molecule is CC(C)(C)OC(=O)N1CC(NCCCS(C)(=O)=O)C1. The average molecular weight is 292 g/mol. The number of likely N-dealkylation sites (tertiary alicyclic amines) is 1. The number of amides is 1. The Kier molecular flexibility index (Phi) is 5.20. The van der Waals surface area contributed by atoms with Gasteiger partial charge in [-0.1, -0.05) is 0 Å². The Labute approximate surface area is 115 Å². The molecule has 1 fully saturated rings. The van der Waals surface area contributed by atoms with Crippen LogP contribution in [0.3, 0.4) is 0 Å². The van der Waals surface area contributed by atoms with Gasteiger partial charge in [0.25, 0.3) is 0 Å². The molecule has 1 aliphatic rings. The smallest absolute Gasteiger partial charge is 0.410 e. The molecule has 7 heteroatoms. The van der Waals surface area contributed by atoms with Crippen molar-refractivity contribution in [2.24, 2.45) is 0 Å². The van der Waals surface area contributed by atoms with Crippen LogP contribution in [0, 0.1) is 0 Å². The highest BCUT2D eigenvalue weighted by Gasteiger charge is 2.33. The molecular formula is C12H24N2O4S. The summed E-state index contributed by atoms with van der Waals surface area (Å²) >= 11 is 0. The fourth-order valence-corrected chi connectivity index (χ4v) is 2.39. The highest BCUT2D eigenvalue weighted by Crippen LogP contribution is 2.15. The Balaban J connectivity index is 2.12. The Morgan fingerprint density at radius 1 is 1.37 bits per heavy atom. The lowest BCUT2D eigenvalue weighted by atomic mass is 10.1. The van der Waals surface area contributed by atoms with Crippen molar-refractivity contribution in [3.05, 3.63) is 0 Å². The molecule has 0 aromatic carbocycles. The van der Waals surface area contributed by atoms with Gasteiger partial charge < -0.3 is 15.0 Å². The quantitative estimate of drug-likeness (QED) is 0.752. The summed E-state index contributed by atoms with van der Waals surface area (Å²) in [6.45, 7) is 7.41. The Morgan fingerprint density at radius 3 is 2.42 bits per heavy atom. The molecule has 0 spiro atoms. The molecule has 1 N–H and O–H groups in total. The normalized spacial score (nSPS) is 17.2. The molecule has 0 bridgehead atoms. The van der Waals surface area contributed by atoms with Gasteiger partial charge in [-0.25, -0.2) is 13.2 Å². The number of hydrogen-bond donors (Lipinski definition) is 1. The topological polar surface area (TPSA) is 75.7 Å². The molecule has 6 nitrogen and oxygen atoms in total. The summed E-state index contributed by atoms with van der Waals surface area (Å²) in [4.78, 5) is 13.3. The summed E-state index contributed by atoms with van der Waals surface area (Å²) < 4.78 is 27.1. The van der Waals surface area contributed by atoms with E-state index in [2.05, 4.69) is 5.32 Å². The van der Waals surface area contributed by atoms with E-state index in [1.165, 1.54) is 6.26 Å². The third kappa shape index (κ3) is 6.77. The van der Waals surface area contributed by atoms with E-state index in [0.717, 1.165) is 0 Å². The molecule has 1 rings (SSSR count). The Bertz CT molecular complexity index is 408. The van der Waals surface area contributed by atoms with Crippen molar-refractivity contribution in [1.82, 2.24) is 10.2 Å². The first-order chi connectivity index (χ1) is 8.57. The van der Waals surface area contributed by atoms with Gasteiger partial charge in [-0.05, 0) is 33.7 Å². The molecule has 19 heavy (non-hydrogen) atoms. The van der Waals surface area contributed by atoms with E-state index in [1.54, 1.807) is 4.90 Å². The molecule has 1 amide bonds. The van der Waals surface area contributed by atoms with E-state index in [1.807, 2.05) is 20.8 Å². The van der Waals surface area contributed by atoms with Gasteiger partial charge in [-0.3, -0.25) is 0 Å². The van der Waals surface area contributed by atoms with Gasteiger partial charge in [-0.2, -0.15) is 0 Å². The lowest BCUT2D eigenvalue weighted by Crippen LogP contribution is -2.60. The molecule has 0 radical (unpaired) electrons. The number of hydrogen-bond acceptors (Lipinski definition) is 5. The van der Waals surface area contributed by atoms with Crippen molar-refractivity contribution in [3.63, 3.8) is 0 Å². The number of rotatable bonds is 5. The molecular weight excluding hydrogens is 268 g/mol. The van der Waals surface area contributed by atoms with Crippen LogP contribution in [0.25, 0.3) is 0 Å². The first-order valence-corrected chi connectivity index (χ1v) is 8.52. The molecule has 1 aliphatic heterocycles. The van der Waals surface area contributed by atoms with E-state index >= 15 is 0 Å². The van der Waals surface area contributed by atoms with Crippen molar-refractivity contribution < 1.29 is 17.9 Å².